The molecule has 3 aromatic carbocycles. The van der Waals surface area contributed by atoms with Crippen LogP contribution in [0.25, 0.3) is 5.76 Å². The van der Waals surface area contributed by atoms with E-state index < -0.39 is 17.7 Å². The third-order valence-electron chi connectivity index (χ3n) is 5.92. The van der Waals surface area contributed by atoms with Crippen LogP contribution in [0.3, 0.4) is 0 Å². The molecule has 34 heavy (non-hydrogen) atoms. The summed E-state index contributed by atoms with van der Waals surface area (Å²) in [7, 11) is 0. The van der Waals surface area contributed by atoms with E-state index in [1.54, 1.807) is 30.3 Å². The van der Waals surface area contributed by atoms with Crippen molar-refractivity contribution in [2.45, 2.75) is 13.0 Å². The molecular weight excluding hydrogens is 477 g/mol. The van der Waals surface area contributed by atoms with E-state index in [1.165, 1.54) is 11.0 Å². The number of nitrogens with zero attached hydrogens (tertiary/aromatic N) is 1. The fourth-order valence-corrected chi connectivity index (χ4v) is 4.56. The van der Waals surface area contributed by atoms with Crippen LogP contribution >= 0.6 is 23.2 Å². The van der Waals surface area contributed by atoms with Crippen molar-refractivity contribution < 1.29 is 24.2 Å². The normalized spacial score (nSPS) is 18.9. The Hall–Kier alpha value is -3.48. The minimum atomic E-state index is -0.869. The van der Waals surface area contributed by atoms with E-state index >= 15 is 0 Å². The van der Waals surface area contributed by atoms with Crippen molar-refractivity contribution >= 4 is 46.3 Å². The van der Waals surface area contributed by atoms with Gasteiger partial charge in [0.1, 0.15) is 19.0 Å². The number of carbonyl (C=O) groups excluding carboxylic acids is 2. The lowest BCUT2D eigenvalue weighted by atomic mass is 9.92. The molecule has 0 bridgehead atoms. The number of fused-ring (bicyclic) bond motifs is 1. The zero-order valence-corrected chi connectivity index (χ0v) is 19.6. The highest BCUT2D eigenvalue weighted by molar-refractivity contribution is 6.52. The molecule has 0 radical (unpaired) electrons. The predicted molar refractivity (Wildman–Crippen MR) is 130 cm³/mol. The molecule has 0 saturated carbocycles. The van der Waals surface area contributed by atoms with Gasteiger partial charge in [-0.3, -0.25) is 14.5 Å². The topological polar surface area (TPSA) is 76.1 Å². The molecule has 1 amide bonds. The summed E-state index contributed by atoms with van der Waals surface area (Å²) >= 11 is 12.3. The van der Waals surface area contributed by atoms with Crippen molar-refractivity contribution in [3.8, 4) is 11.5 Å². The van der Waals surface area contributed by atoms with Gasteiger partial charge in [0.05, 0.1) is 21.7 Å². The smallest absolute Gasteiger partial charge is 0.300 e. The van der Waals surface area contributed by atoms with Crippen LogP contribution in [0.2, 0.25) is 10.0 Å². The van der Waals surface area contributed by atoms with Gasteiger partial charge in [0.25, 0.3) is 11.7 Å². The molecule has 0 aliphatic carbocycles. The monoisotopic (exact) mass is 495 g/mol. The first kappa shape index (κ1) is 22.3. The van der Waals surface area contributed by atoms with E-state index in [9.17, 15) is 14.7 Å². The van der Waals surface area contributed by atoms with Gasteiger partial charge < -0.3 is 14.6 Å². The van der Waals surface area contributed by atoms with E-state index in [-0.39, 0.29) is 16.4 Å². The number of aliphatic hydroxyl groups is 1. The Balaban J connectivity index is 1.72. The first-order valence-corrected chi connectivity index (χ1v) is 11.3. The molecule has 3 aromatic rings. The van der Waals surface area contributed by atoms with Gasteiger partial charge in [-0.15, -0.1) is 0 Å². The lowest BCUT2D eigenvalue weighted by Gasteiger charge is -2.27. The maximum Gasteiger partial charge on any atom is 0.300 e. The predicted octanol–water partition coefficient (Wildman–Crippen LogP) is 5.70. The highest BCUT2D eigenvalue weighted by atomic mass is 35.5. The molecule has 172 valence electrons. The second kappa shape index (κ2) is 8.70. The highest BCUT2D eigenvalue weighted by Gasteiger charge is 2.47. The summed E-state index contributed by atoms with van der Waals surface area (Å²) in [6.45, 7) is 2.69. The number of anilines is 1. The summed E-state index contributed by atoms with van der Waals surface area (Å²) in [5, 5.41) is 11.9. The van der Waals surface area contributed by atoms with Gasteiger partial charge >= 0.3 is 0 Å². The Bertz CT molecular complexity index is 1370. The van der Waals surface area contributed by atoms with Crippen LogP contribution in [0.5, 0.6) is 11.5 Å². The molecule has 6 nitrogen and oxygen atoms in total. The van der Waals surface area contributed by atoms with Crippen LogP contribution in [-0.4, -0.2) is 30.0 Å². The zero-order chi connectivity index (χ0) is 24.0. The summed E-state index contributed by atoms with van der Waals surface area (Å²) in [6, 6.07) is 16.1. The summed E-state index contributed by atoms with van der Waals surface area (Å²) in [5.41, 5.74) is 2.27. The number of ketones is 1. The third kappa shape index (κ3) is 3.69. The standard InChI is InChI=1S/C26H19Cl2NO5/c1-14-4-2-3-5-17(14)23-22(24(30)15-6-9-20-21(12-15)34-11-10-33-20)25(31)26(32)29(23)16-7-8-18(27)19(28)13-16/h2-9,12-13,23,30H,10-11H2,1H3/b24-22+. The number of hydrogen-bond acceptors (Lipinski definition) is 5. The van der Waals surface area contributed by atoms with Crippen molar-refractivity contribution in [3.63, 3.8) is 0 Å². The molecule has 2 aliphatic heterocycles. The molecule has 1 atom stereocenters. The highest BCUT2D eigenvalue weighted by Crippen LogP contribution is 2.44. The van der Waals surface area contributed by atoms with Gasteiger partial charge in [0.2, 0.25) is 0 Å². The number of Topliss-reactive ketones (excluding diaryl/α,β-unsaturated/α-hetero) is 1. The number of aliphatic hydroxyl groups excluding tert-OH is 1. The molecular formula is C26H19Cl2NO5. The second-order valence-corrected chi connectivity index (χ2v) is 8.80. The van der Waals surface area contributed by atoms with Gasteiger partial charge in [-0.05, 0) is 54.4 Å². The Kier molecular flexibility index (Phi) is 5.71. The number of halogens is 2. The fourth-order valence-electron chi connectivity index (χ4n) is 4.27. The molecule has 1 N–H and O–H groups in total. The summed E-state index contributed by atoms with van der Waals surface area (Å²) in [6.07, 6.45) is 0. The number of aryl methyl sites for hydroxylation is 1. The molecule has 2 heterocycles. The van der Waals surface area contributed by atoms with Gasteiger partial charge in [0, 0.05) is 11.3 Å². The first-order chi connectivity index (χ1) is 16.4. The Labute approximate surface area is 205 Å². The average molecular weight is 496 g/mol. The Morgan fingerprint density at radius 1 is 0.941 bits per heavy atom. The van der Waals surface area contributed by atoms with Crippen LogP contribution in [-0.2, 0) is 9.59 Å². The SMILES string of the molecule is Cc1ccccc1C1/C(=C(\O)c2ccc3c(c2)OCCO3)C(=O)C(=O)N1c1ccc(Cl)c(Cl)c1. The summed E-state index contributed by atoms with van der Waals surface area (Å²) in [5.74, 6) is -0.862. The van der Waals surface area contributed by atoms with Gasteiger partial charge in [-0.25, -0.2) is 0 Å². The Morgan fingerprint density at radius 2 is 1.68 bits per heavy atom. The van der Waals surface area contributed by atoms with E-state index in [0.717, 1.165) is 5.56 Å². The van der Waals surface area contributed by atoms with Crippen molar-refractivity contribution in [3.05, 3.63) is 93.0 Å². The minimum Gasteiger partial charge on any atom is -0.507 e. The molecule has 2 aliphatic rings. The molecule has 1 unspecified atom stereocenters. The summed E-state index contributed by atoms with van der Waals surface area (Å²) in [4.78, 5) is 27.9. The first-order valence-electron chi connectivity index (χ1n) is 10.6. The van der Waals surface area contributed by atoms with Crippen LogP contribution < -0.4 is 14.4 Å². The van der Waals surface area contributed by atoms with E-state index in [2.05, 4.69) is 0 Å². The van der Waals surface area contributed by atoms with Gasteiger partial charge in [-0.2, -0.15) is 0 Å². The quantitative estimate of drug-likeness (QED) is 0.286. The molecule has 0 aromatic heterocycles. The van der Waals surface area contributed by atoms with Crippen molar-refractivity contribution in [2.24, 2.45) is 0 Å². The molecule has 0 spiro atoms. The second-order valence-electron chi connectivity index (χ2n) is 7.98. The number of hydrogen-bond donors (Lipinski definition) is 1. The minimum absolute atomic E-state index is 0.0259. The molecule has 1 saturated heterocycles. The van der Waals surface area contributed by atoms with Crippen LogP contribution in [0.15, 0.2) is 66.2 Å². The zero-order valence-electron chi connectivity index (χ0n) is 18.0. The fraction of sp³-hybridized carbons (Fsp3) is 0.154. The number of ether oxygens (including phenoxy) is 2. The largest absolute Gasteiger partial charge is 0.507 e. The maximum atomic E-state index is 13.3. The average Bonchev–Trinajstić information content (AvgIpc) is 3.10. The number of benzene rings is 3. The lowest BCUT2D eigenvalue weighted by Crippen LogP contribution is -2.29. The van der Waals surface area contributed by atoms with Crippen LogP contribution in [0.1, 0.15) is 22.7 Å². The van der Waals surface area contributed by atoms with Crippen molar-refractivity contribution in [1.29, 1.82) is 0 Å². The summed E-state index contributed by atoms with van der Waals surface area (Å²) < 4.78 is 11.2. The number of amides is 1. The maximum absolute atomic E-state index is 13.3. The van der Waals surface area contributed by atoms with E-state index in [1.807, 2.05) is 31.2 Å². The number of carbonyl (C=O) groups is 2. The van der Waals surface area contributed by atoms with Gasteiger partial charge in [-0.1, -0.05) is 47.5 Å². The molecule has 8 heteroatoms. The number of rotatable bonds is 3. The third-order valence-corrected chi connectivity index (χ3v) is 6.66. The van der Waals surface area contributed by atoms with E-state index in [0.29, 0.717) is 46.5 Å². The molecule has 5 rings (SSSR count). The van der Waals surface area contributed by atoms with Gasteiger partial charge in [0.15, 0.2) is 11.5 Å². The Morgan fingerprint density at radius 3 is 2.41 bits per heavy atom. The van der Waals surface area contributed by atoms with E-state index in [4.69, 9.17) is 32.7 Å². The van der Waals surface area contributed by atoms with Crippen LogP contribution in [0, 0.1) is 6.92 Å². The van der Waals surface area contributed by atoms with Crippen LogP contribution in [0.4, 0.5) is 5.69 Å². The van der Waals surface area contributed by atoms with Crippen molar-refractivity contribution in [1.82, 2.24) is 0 Å². The molecule has 1 fully saturated rings. The lowest BCUT2D eigenvalue weighted by molar-refractivity contribution is -0.132. The van der Waals surface area contributed by atoms with Crippen molar-refractivity contribution in [2.75, 3.05) is 18.1 Å².